The molecular formula is C13H19N3O3. The Labute approximate surface area is 112 Å². The molecular weight excluding hydrogens is 246 g/mol. The third kappa shape index (κ3) is 2.62. The maximum atomic E-state index is 11.5. The van der Waals surface area contributed by atoms with Gasteiger partial charge in [-0.3, -0.25) is 4.98 Å². The highest BCUT2D eigenvalue weighted by atomic mass is 16.5. The van der Waals surface area contributed by atoms with Crippen LogP contribution >= 0.6 is 0 Å². The molecule has 1 aliphatic heterocycles. The standard InChI is InChI=1S/C13H19N3O3/c1-3-19-11-9-14-8-10(15-11)16-7-5-4-6-13(16,2)12(17)18/h8-9H,3-7H2,1-2H3,(H,17,18). The Balaban J connectivity index is 2.32. The number of hydrogen-bond acceptors (Lipinski definition) is 5. The molecule has 1 saturated heterocycles. The normalized spacial score (nSPS) is 23.2. The molecule has 1 N–H and O–H groups in total. The zero-order chi connectivity index (χ0) is 13.9. The van der Waals surface area contributed by atoms with Crippen LogP contribution in [0.25, 0.3) is 0 Å². The van der Waals surface area contributed by atoms with Crippen LogP contribution in [0.2, 0.25) is 0 Å². The summed E-state index contributed by atoms with van der Waals surface area (Å²) in [6.45, 7) is 4.79. The summed E-state index contributed by atoms with van der Waals surface area (Å²) in [7, 11) is 0. The van der Waals surface area contributed by atoms with E-state index in [1.807, 2.05) is 11.8 Å². The molecule has 19 heavy (non-hydrogen) atoms. The van der Waals surface area contributed by atoms with Crippen LogP contribution in [-0.2, 0) is 4.79 Å². The van der Waals surface area contributed by atoms with Crippen LogP contribution in [-0.4, -0.2) is 39.7 Å². The summed E-state index contributed by atoms with van der Waals surface area (Å²) in [5.41, 5.74) is -0.919. The maximum absolute atomic E-state index is 11.5. The van der Waals surface area contributed by atoms with Crippen molar-refractivity contribution in [3.63, 3.8) is 0 Å². The highest BCUT2D eigenvalue weighted by molar-refractivity contribution is 5.82. The summed E-state index contributed by atoms with van der Waals surface area (Å²) in [5, 5.41) is 9.48. The van der Waals surface area contributed by atoms with Gasteiger partial charge in [-0.1, -0.05) is 0 Å². The first-order chi connectivity index (χ1) is 9.08. The second-order valence-corrected chi connectivity index (χ2v) is 4.84. The van der Waals surface area contributed by atoms with E-state index in [0.29, 0.717) is 31.3 Å². The Morgan fingerprint density at radius 3 is 3.00 bits per heavy atom. The lowest BCUT2D eigenvalue weighted by atomic mass is 9.88. The lowest BCUT2D eigenvalue weighted by molar-refractivity contribution is -0.143. The smallest absolute Gasteiger partial charge is 0.329 e. The molecule has 1 aromatic heterocycles. The number of hydrogen-bond donors (Lipinski definition) is 1. The zero-order valence-corrected chi connectivity index (χ0v) is 11.3. The van der Waals surface area contributed by atoms with Gasteiger partial charge in [-0.2, -0.15) is 4.98 Å². The quantitative estimate of drug-likeness (QED) is 0.893. The Bertz CT molecular complexity index is 466. The van der Waals surface area contributed by atoms with Gasteiger partial charge in [0.25, 0.3) is 0 Å². The number of aliphatic carboxylic acids is 1. The number of rotatable bonds is 4. The minimum Gasteiger partial charge on any atom is -0.480 e. The first kappa shape index (κ1) is 13.6. The summed E-state index contributed by atoms with van der Waals surface area (Å²) < 4.78 is 5.32. The second-order valence-electron chi connectivity index (χ2n) is 4.84. The van der Waals surface area contributed by atoms with Crippen LogP contribution in [0.15, 0.2) is 12.4 Å². The molecule has 6 nitrogen and oxygen atoms in total. The first-order valence-electron chi connectivity index (χ1n) is 6.54. The largest absolute Gasteiger partial charge is 0.480 e. The lowest BCUT2D eigenvalue weighted by Gasteiger charge is -2.42. The predicted molar refractivity (Wildman–Crippen MR) is 70.4 cm³/mol. The number of carboxylic acid groups (broad SMARTS) is 1. The van der Waals surface area contributed by atoms with E-state index in [-0.39, 0.29) is 0 Å². The van der Waals surface area contributed by atoms with Gasteiger partial charge in [0.05, 0.1) is 19.0 Å². The summed E-state index contributed by atoms with van der Waals surface area (Å²) in [6, 6.07) is 0. The van der Waals surface area contributed by atoms with Crippen molar-refractivity contribution in [2.75, 3.05) is 18.1 Å². The average Bonchev–Trinajstić information content (AvgIpc) is 2.40. The van der Waals surface area contributed by atoms with Crippen LogP contribution in [0, 0.1) is 0 Å². The molecule has 0 spiro atoms. The Morgan fingerprint density at radius 1 is 1.53 bits per heavy atom. The van der Waals surface area contributed by atoms with Gasteiger partial charge in [-0.25, -0.2) is 4.79 Å². The third-order valence-electron chi connectivity index (χ3n) is 3.52. The highest BCUT2D eigenvalue weighted by Gasteiger charge is 2.42. The van der Waals surface area contributed by atoms with Gasteiger partial charge < -0.3 is 14.7 Å². The van der Waals surface area contributed by atoms with E-state index in [2.05, 4.69) is 9.97 Å². The number of ether oxygens (including phenoxy) is 1. The fourth-order valence-corrected chi connectivity index (χ4v) is 2.40. The van der Waals surface area contributed by atoms with Crippen molar-refractivity contribution in [1.82, 2.24) is 9.97 Å². The number of nitrogens with zero attached hydrogens (tertiary/aromatic N) is 3. The fourth-order valence-electron chi connectivity index (χ4n) is 2.40. The van der Waals surface area contributed by atoms with Crippen molar-refractivity contribution < 1.29 is 14.6 Å². The van der Waals surface area contributed by atoms with Crippen molar-refractivity contribution in [2.45, 2.75) is 38.6 Å². The number of anilines is 1. The molecule has 104 valence electrons. The minimum absolute atomic E-state index is 0.429. The molecule has 0 aromatic carbocycles. The Hall–Kier alpha value is -1.85. The van der Waals surface area contributed by atoms with Gasteiger partial charge in [0.1, 0.15) is 5.54 Å². The van der Waals surface area contributed by atoms with Crippen LogP contribution in [0.1, 0.15) is 33.1 Å². The van der Waals surface area contributed by atoms with Crippen LogP contribution in [0.4, 0.5) is 5.82 Å². The van der Waals surface area contributed by atoms with E-state index >= 15 is 0 Å². The van der Waals surface area contributed by atoms with Crippen molar-refractivity contribution in [3.05, 3.63) is 12.4 Å². The zero-order valence-electron chi connectivity index (χ0n) is 11.3. The van der Waals surface area contributed by atoms with Crippen molar-refractivity contribution in [2.24, 2.45) is 0 Å². The molecule has 0 bridgehead atoms. The summed E-state index contributed by atoms with van der Waals surface area (Å²) in [4.78, 5) is 21.8. The molecule has 2 rings (SSSR count). The van der Waals surface area contributed by atoms with Crippen molar-refractivity contribution in [3.8, 4) is 5.88 Å². The fraction of sp³-hybridized carbons (Fsp3) is 0.615. The van der Waals surface area contributed by atoms with Gasteiger partial charge in [-0.15, -0.1) is 0 Å². The first-order valence-corrected chi connectivity index (χ1v) is 6.54. The van der Waals surface area contributed by atoms with Gasteiger partial charge >= 0.3 is 5.97 Å². The van der Waals surface area contributed by atoms with Gasteiger partial charge in [-0.05, 0) is 33.1 Å². The SMILES string of the molecule is CCOc1cncc(N2CCCCC2(C)C(=O)O)n1. The second kappa shape index (κ2) is 5.42. The summed E-state index contributed by atoms with van der Waals surface area (Å²) >= 11 is 0. The topological polar surface area (TPSA) is 75.5 Å². The van der Waals surface area contributed by atoms with E-state index in [4.69, 9.17) is 4.74 Å². The van der Waals surface area contributed by atoms with Gasteiger partial charge in [0.15, 0.2) is 5.82 Å². The molecule has 0 amide bonds. The van der Waals surface area contributed by atoms with Crippen LogP contribution < -0.4 is 9.64 Å². The number of carbonyl (C=O) groups is 1. The summed E-state index contributed by atoms with van der Waals surface area (Å²) in [6.07, 6.45) is 5.62. The van der Waals surface area contributed by atoms with E-state index in [1.165, 1.54) is 6.20 Å². The number of aromatic nitrogens is 2. The summed E-state index contributed by atoms with van der Waals surface area (Å²) in [5.74, 6) is 0.171. The molecule has 6 heteroatoms. The molecule has 0 radical (unpaired) electrons. The van der Waals surface area contributed by atoms with Crippen molar-refractivity contribution in [1.29, 1.82) is 0 Å². The van der Waals surface area contributed by atoms with Gasteiger partial charge in [0, 0.05) is 6.54 Å². The van der Waals surface area contributed by atoms with E-state index < -0.39 is 11.5 Å². The highest BCUT2D eigenvalue weighted by Crippen LogP contribution is 2.32. The molecule has 1 aromatic rings. The van der Waals surface area contributed by atoms with Crippen LogP contribution in [0.3, 0.4) is 0 Å². The minimum atomic E-state index is -0.919. The van der Waals surface area contributed by atoms with Crippen LogP contribution in [0.5, 0.6) is 5.88 Å². The molecule has 0 saturated carbocycles. The maximum Gasteiger partial charge on any atom is 0.329 e. The molecule has 2 heterocycles. The van der Waals surface area contributed by atoms with E-state index in [0.717, 1.165) is 12.8 Å². The lowest BCUT2D eigenvalue weighted by Crippen LogP contribution is -2.55. The van der Waals surface area contributed by atoms with Gasteiger partial charge in [0.2, 0.25) is 5.88 Å². The average molecular weight is 265 g/mol. The number of carboxylic acids is 1. The third-order valence-corrected chi connectivity index (χ3v) is 3.52. The van der Waals surface area contributed by atoms with Crippen molar-refractivity contribution >= 4 is 11.8 Å². The monoisotopic (exact) mass is 265 g/mol. The molecule has 0 aliphatic carbocycles. The Morgan fingerprint density at radius 2 is 2.32 bits per heavy atom. The predicted octanol–water partition coefficient (Wildman–Crippen LogP) is 1.71. The molecule has 1 atom stereocenters. The van der Waals surface area contributed by atoms with E-state index in [1.54, 1.807) is 13.1 Å². The Kier molecular flexibility index (Phi) is 3.87. The molecule has 1 unspecified atom stereocenters. The van der Waals surface area contributed by atoms with E-state index in [9.17, 15) is 9.90 Å². The molecule has 1 fully saturated rings. The molecule has 1 aliphatic rings. The number of piperidine rings is 1.